The number of methoxy groups -OCH3 is 1. The number of benzene rings is 1. The van der Waals surface area contributed by atoms with Crippen LogP contribution in [0.4, 0.5) is 23.7 Å². The monoisotopic (exact) mass is 549 g/mol. The molecule has 7 nitrogen and oxygen atoms in total. The Kier molecular flexibility index (Phi) is 8.40. The van der Waals surface area contributed by atoms with Crippen LogP contribution in [0.25, 0.3) is 5.57 Å². The van der Waals surface area contributed by atoms with Crippen LogP contribution in [0.2, 0.25) is 0 Å². The number of aromatic nitrogens is 1. The normalized spacial score (nSPS) is 15.4. The van der Waals surface area contributed by atoms with Gasteiger partial charge in [-0.2, -0.15) is 13.2 Å². The van der Waals surface area contributed by atoms with E-state index in [1.54, 1.807) is 23.2 Å². The Morgan fingerprint density at radius 3 is 2.47 bits per heavy atom. The minimum Gasteiger partial charge on any atom is -0.497 e. The first kappa shape index (κ1) is 29.0. The lowest BCUT2D eigenvalue weighted by molar-refractivity contribution is -0.125. The maximum Gasteiger partial charge on any atom is 0.392 e. The number of hydrogen-bond donors (Lipinski definition) is 1. The molecule has 0 atom stereocenters. The summed E-state index contributed by atoms with van der Waals surface area (Å²) in [5.41, 5.74) is 2.87. The highest BCUT2D eigenvalue weighted by molar-refractivity contribution is 7.90. The summed E-state index contributed by atoms with van der Waals surface area (Å²) in [6.07, 6.45) is 1.15. The number of rotatable bonds is 8. The van der Waals surface area contributed by atoms with Gasteiger partial charge >= 0.3 is 12.2 Å². The molecule has 1 aliphatic heterocycles. The third-order valence-corrected chi connectivity index (χ3v) is 7.17. The molecule has 204 valence electrons. The van der Waals surface area contributed by atoms with Gasteiger partial charge in [0.2, 0.25) is 0 Å². The second-order valence-electron chi connectivity index (χ2n) is 9.62. The lowest BCUT2D eigenvalue weighted by Crippen LogP contribution is -2.41. The number of halogens is 3. The molecule has 0 saturated carbocycles. The Balaban J connectivity index is 1.73. The number of urea groups is 1. The summed E-state index contributed by atoms with van der Waals surface area (Å²) in [5, 5.41) is 2.86. The van der Waals surface area contributed by atoms with Gasteiger partial charge < -0.3 is 10.1 Å². The molecule has 1 aromatic carbocycles. The summed E-state index contributed by atoms with van der Waals surface area (Å²) in [7, 11) is -2.01. The van der Waals surface area contributed by atoms with Crippen molar-refractivity contribution in [3.05, 3.63) is 83.9 Å². The average molecular weight is 550 g/mol. The highest BCUT2D eigenvalue weighted by atomic mass is 32.2. The molecule has 1 N–H and O–H groups in total. The van der Waals surface area contributed by atoms with Crippen molar-refractivity contribution >= 4 is 27.1 Å². The summed E-state index contributed by atoms with van der Waals surface area (Å²) in [6.45, 7) is 8.58. The lowest BCUT2D eigenvalue weighted by Gasteiger charge is -2.21. The molecule has 11 heteroatoms. The number of ether oxygens (including phenoxy) is 1. The number of sulfone groups is 1. The number of nitrogens with one attached hydrogen (secondary N) is 1. The zero-order chi connectivity index (χ0) is 28.3. The standard InChI is InChI=1S/C27H30F3N3O4S/c1-18(6-9-20(37-4)12-13-27(28,29)30)23-14-22-24(16-31-23)33(17-26(22,2)3)25(34)32-15-19-7-10-21(11-8-19)38(5,35)36/h6-12,14,16H,1,13,15,17H2,2-5H3,(H,32,34)/b9-6-,20-12+. The van der Waals surface area contributed by atoms with Crippen LogP contribution in [-0.2, 0) is 26.5 Å². The smallest absolute Gasteiger partial charge is 0.392 e. The highest BCUT2D eigenvalue weighted by Gasteiger charge is 2.38. The third kappa shape index (κ3) is 7.25. The molecule has 0 aliphatic carbocycles. The van der Waals surface area contributed by atoms with Gasteiger partial charge in [-0.05, 0) is 53.1 Å². The van der Waals surface area contributed by atoms with E-state index in [1.165, 1.54) is 31.4 Å². The van der Waals surface area contributed by atoms with Gasteiger partial charge in [0.1, 0.15) is 5.76 Å². The number of carbonyl (C=O) groups excluding carboxylic acids is 1. The number of allylic oxidation sites excluding steroid dienone is 4. The molecular weight excluding hydrogens is 519 g/mol. The van der Waals surface area contributed by atoms with E-state index in [0.717, 1.165) is 23.5 Å². The van der Waals surface area contributed by atoms with Crippen LogP contribution in [0.3, 0.4) is 0 Å². The Morgan fingerprint density at radius 1 is 1.24 bits per heavy atom. The van der Waals surface area contributed by atoms with Crippen molar-refractivity contribution in [3.8, 4) is 0 Å². The van der Waals surface area contributed by atoms with Crippen LogP contribution in [-0.4, -0.2) is 45.5 Å². The van der Waals surface area contributed by atoms with Crippen LogP contribution in [0.5, 0.6) is 0 Å². The van der Waals surface area contributed by atoms with E-state index >= 15 is 0 Å². The van der Waals surface area contributed by atoms with E-state index in [1.807, 2.05) is 19.9 Å². The van der Waals surface area contributed by atoms with Crippen molar-refractivity contribution in [3.63, 3.8) is 0 Å². The Morgan fingerprint density at radius 2 is 1.89 bits per heavy atom. The van der Waals surface area contributed by atoms with Crippen molar-refractivity contribution in [1.82, 2.24) is 10.3 Å². The van der Waals surface area contributed by atoms with E-state index in [9.17, 15) is 26.4 Å². The Labute approximate surface area is 220 Å². The molecule has 3 rings (SSSR count). The van der Waals surface area contributed by atoms with Crippen LogP contribution >= 0.6 is 0 Å². The predicted octanol–water partition coefficient (Wildman–Crippen LogP) is 5.54. The topological polar surface area (TPSA) is 88.6 Å². The predicted molar refractivity (Wildman–Crippen MR) is 140 cm³/mol. The molecule has 0 unspecified atom stereocenters. The van der Waals surface area contributed by atoms with Crippen LogP contribution in [0, 0.1) is 0 Å². The second-order valence-corrected chi connectivity index (χ2v) is 11.6. The number of carbonyl (C=O) groups is 1. The SMILES string of the molecule is C=C(/C=C\C(=C/CC(F)(F)F)OC)c1cc2c(cn1)N(C(=O)NCc1ccc(S(C)(=O)=O)cc1)CC2(C)C. The van der Waals surface area contributed by atoms with Crippen LogP contribution in [0.1, 0.15) is 37.1 Å². The van der Waals surface area contributed by atoms with Gasteiger partial charge in [-0.15, -0.1) is 0 Å². The third-order valence-electron chi connectivity index (χ3n) is 6.04. The molecule has 38 heavy (non-hydrogen) atoms. The summed E-state index contributed by atoms with van der Waals surface area (Å²) in [5.74, 6) is 0.0544. The first-order chi connectivity index (χ1) is 17.6. The summed E-state index contributed by atoms with van der Waals surface area (Å²) in [6, 6.07) is 7.80. The summed E-state index contributed by atoms with van der Waals surface area (Å²) in [4.78, 5) is 19.2. The molecule has 1 aliphatic rings. The number of pyridine rings is 1. The molecule has 0 fully saturated rings. The minimum atomic E-state index is -4.33. The number of alkyl halides is 3. The van der Waals surface area contributed by atoms with Gasteiger partial charge in [-0.1, -0.05) is 32.6 Å². The molecule has 2 aromatic rings. The van der Waals surface area contributed by atoms with E-state index in [-0.39, 0.29) is 23.2 Å². The van der Waals surface area contributed by atoms with Gasteiger partial charge in [0.05, 0.1) is 36.0 Å². The number of amides is 2. The van der Waals surface area contributed by atoms with Crippen molar-refractivity contribution in [2.24, 2.45) is 0 Å². The lowest BCUT2D eigenvalue weighted by atomic mass is 9.87. The van der Waals surface area contributed by atoms with Crippen molar-refractivity contribution in [1.29, 1.82) is 0 Å². The van der Waals surface area contributed by atoms with Crippen LogP contribution in [0.15, 0.2) is 72.0 Å². The zero-order valence-corrected chi connectivity index (χ0v) is 22.4. The number of hydrogen-bond acceptors (Lipinski definition) is 5. The molecule has 0 radical (unpaired) electrons. The van der Waals surface area contributed by atoms with Gasteiger partial charge in [-0.25, -0.2) is 13.2 Å². The molecule has 1 aromatic heterocycles. The quantitative estimate of drug-likeness (QED) is 0.345. The van der Waals surface area contributed by atoms with Crippen molar-refractivity contribution in [2.45, 2.75) is 43.3 Å². The second kappa shape index (κ2) is 11.0. The van der Waals surface area contributed by atoms with Gasteiger partial charge in [0, 0.05) is 24.8 Å². The molecule has 2 amide bonds. The Hall–Kier alpha value is -3.60. The number of fused-ring (bicyclic) bond motifs is 1. The maximum atomic E-state index is 13.0. The molecule has 0 spiro atoms. The molecular formula is C27H30F3N3O4S. The number of nitrogens with zero attached hydrogens (tertiary/aromatic N) is 2. The molecule has 2 heterocycles. The fraction of sp³-hybridized carbons (Fsp3) is 0.333. The first-order valence-electron chi connectivity index (χ1n) is 11.6. The fourth-order valence-electron chi connectivity index (χ4n) is 3.96. The zero-order valence-electron chi connectivity index (χ0n) is 21.6. The Bertz CT molecular complexity index is 1380. The van der Waals surface area contributed by atoms with E-state index in [4.69, 9.17) is 4.74 Å². The number of anilines is 1. The van der Waals surface area contributed by atoms with Crippen LogP contribution < -0.4 is 10.2 Å². The molecule has 0 bridgehead atoms. The fourth-order valence-corrected chi connectivity index (χ4v) is 4.59. The minimum absolute atomic E-state index is 0.0544. The van der Waals surface area contributed by atoms with E-state index in [2.05, 4.69) is 16.9 Å². The maximum absolute atomic E-state index is 13.0. The van der Waals surface area contributed by atoms with Crippen molar-refractivity contribution in [2.75, 3.05) is 24.8 Å². The highest BCUT2D eigenvalue weighted by Crippen LogP contribution is 2.41. The van der Waals surface area contributed by atoms with Gasteiger partial charge in [-0.3, -0.25) is 9.88 Å². The summed E-state index contributed by atoms with van der Waals surface area (Å²) < 4.78 is 65.7. The summed E-state index contributed by atoms with van der Waals surface area (Å²) >= 11 is 0. The van der Waals surface area contributed by atoms with Gasteiger partial charge in [0.15, 0.2) is 9.84 Å². The first-order valence-corrected chi connectivity index (χ1v) is 13.5. The van der Waals surface area contributed by atoms with Gasteiger partial charge in [0.25, 0.3) is 0 Å². The van der Waals surface area contributed by atoms with Crippen molar-refractivity contribution < 1.29 is 31.1 Å². The van der Waals surface area contributed by atoms with E-state index in [0.29, 0.717) is 23.5 Å². The molecule has 0 saturated heterocycles. The van der Waals surface area contributed by atoms with E-state index < -0.39 is 27.8 Å². The largest absolute Gasteiger partial charge is 0.497 e. The average Bonchev–Trinajstić information content (AvgIpc) is 3.11.